The van der Waals surface area contributed by atoms with Crippen LogP contribution in [0.1, 0.15) is 62.7 Å². The van der Waals surface area contributed by atoms with E-state index in [2.05, 4.69) is 48.1 Å². The lowest BCUT2D eigenvalue weighted by Crippen LogP contribution is -2.30. The third kappa shape index (κ3) is 2.50. The summed E-state index contributed by atoms with van der Waals surface area (Å²) < 4.78 is 0. The van der Waals surface area contributed by atoms with Crippen LogP contribution in [-0.2, 0) is 5.41 Å². The second-order valence-corrected chi connectivity index (χ2v) is 5.80. The lowest BCUT2D eigenvalue weighted by atomic mass is 9.75. The standard InChI is InChI=1S/C17H22N4/c1-3-17(4-2,13-8-6-5-7-9-13)15-19-14(12-10-11-12)20-16(18)21-15/h5-9,12H,3-4,10-11H2,1-2H3,(H2,18,19,20,21). The molecule has 0 saturated heterocycles. The topological polar surface area (TPSA) is 64.7 Å². The fourth-order valence-corrected chi connectivity index (χ4v) is 3.01. The number of benzene rings is 1. The van der Waals surface area contributed by atoms with Crippen molar-refractivity contribution < 1.29 is 0 Å². The summed E-state index contributed by atoms with van der Waals surface area (Å²) in [4.78, 5) is 13.6. The van der Waals surface area contributed by atoms with Crippen molar-refractivity contribution >= 4 is 5.95 Å². The summed E-state index contributed by atoms with van der Waals surface area (Å²) in [6.45, 7) is 4.38. The van der Waals surface area contributed by atoms with Gasteiger partial charge < -0.3 is 5.73 Å². The minimum absolute atomic E-state index is 0.179. The molecule has 1 aliphatic rings. The SMILES string of the molecule is CCC(CC)(c1ccccc1)c1nc(N)nc(C2CC2)n1. The molecule has 0 aliphatic heterocycles. The summed E-state index contributed by atoms with van der Waals surface area (Å²) >= 11 is 0. The zero-order chi connectivity index (χ0) is 14.9. The molecule has 21 heavy (non-hydrogen) atoms. The molecule has 4 nitrogen and oxygen atoms in total. The number of rotatable bonds is 5. The zero-order valence-electron chi connectivity index (χ0n) is 12.7. The molecule has 2 N–H and O–H groups in total. The smallest absolute Gasteiger partial charge is 0.223 e. The van der Waals surface area contributed by atoms with Gasteiger partial charge in [-0.2, -0.15) is 9.97 Å². The molecule has 3 rings (SSSR count). The molecule has 1 fully saturated rings. The van der Waals surface area contributed by atoms with Gasteiger partial charge in [-0.1, -0.05) is 44.2 Å². The van der Waals surface area contributed by atoms with E-state index in [1.54, 1.807) is 0 Å². The summed E-state index contributed by atoms with van der Waals surface area (Å²) in [6.07, 6.45) is 4.22. The lowest BCUT2D eigenvalue weighted by molar-refractivity contribution is 0.445. The van der Waals surface area contributed by atoms with E-state index in [9.17, 15) is 0 Å². The molecule has 1 aliphatic carbocycles. The second-order valence-electron chi connectivity index (χ2n) is 5.80. The van der Waals surface area contributed by atoms with E-state index < -0.39 is 0 Å². The van der Waals surface area contributed by atoms with Crippen LogP contribution in [0.15, 0.2) is 30.3 Å². The van der Waals surface area contributed by atoms with E-state index in [-0.39, 0.29) is 5.41 Å². The van der Waals surface area contributed by atoms with Crippen LogP contribution in [0.5, 0.6) is 0 Å². The first kappa shape index (κ1) is 14.0. The van der Waals surface area contributed by atoms with Gasteiger partial charge >= 0.3 is 0 Å². The Morgan fingerprint density at radius 2 is 1.71 bits per heavy atom. The second kappa shape index (κ2) is 5.43. The average molecular weight is 282 g/mol. The molecule has 1 aromatic carbocycles. The van der Waals surface area contributed by atoms with Gasteiger partial charge in [-0.05, 0) is 31.2 Å². The van der Waals surface area contributed by atoms with Gasteiger partial charge in [0.1, 0.15) is 11.6 Å². The van der Waals surface area contributed by atoms with Crippen LogP contribution in [0.3, 0.4) is 0 Å². The minimum Gasteiger partial charge on any atom is -0.368 e. The first-order valence-electron chi connectivity index (χ1n) is 7.77. The Hall–Kier alpha value is -1.97. The van der Waals surface area contributed by atoms with Crippen molar-refractivity contribution in [2.24, 2.45) is 0 Å². The van der Waals surface area contributed by atoms with Gasteiger partial charge in [-0.15, -0.1) is 0 Å². The van der Waals surface area contributed by atoms with Gasteiger partial charge in [0.15, 0.2) is 0 Å². The van der Waals surface area contributed by atoms with Crippen molar-refractivity contribution in [3.8, 4) is 0 Å². The monoisotopic (exact) mass is 282 g/mol. The molecule has 0 spiro atoms. The van der Waals surface area contributed by atoms with Crippen molar-refractivity contribution in [3.05, 3.63) is 47.5 Å². The quantitative estimate of drug-likeness (QED) is 0.912. The number of aromatic nitrogens is 3. The minimum atomic E-state index is -0.179. The van der Waals surface area contributed by atoms with Crippen LogP contribution in [0.4, 0.5) is 5.95 Å². The van der Waals surface area contributed by atoms with Crippen LogP contribution in [0.25, 0.3) is 0 Å². The first-order chi connectivity index (χ1) is 10.2. The number of hydrogen-bond acceptors (Lipinski definition) is 4. The highest BCUT2D eigenvalue weighted by Gasteiger charge is 2.36. The van der Waals surface area contributed by atoms with Gasteiger partial charge in [0.2, 0.25) is 5.95 Å². The number of anilines is 1. The molecule has 0 radical (unpaired) electrons. The molecule has 1 saturated carbocycles. The average Bonchev–Trinajstić information content (AvgIpc) is 3.34. The predicted octanol–water partition coefficient (Wildman–Crippen LogP) is 3.44. The third-order valence-corrected chi connectivity index (χ3v) is 4.57. The van der Waals surface area contributed by atoms with E-state index in [0.29, 0.717) is 11.9 Å². The van der Waals surface area contributed by atoms with Crippen molar-refractivity contribution in [3.63, 3.8) is 0 Å². The normalized spacial score (nSPS) is 15.1. The molecular formula is C17H22N4. The number of nitrogens with zero attached hydrogens (tertiary/aromatic N) is 3. The Balaban J connectivity index is 2.13. The summed E-state index contributed by atoms with van der Waals surface area (Å²) in [5.74, 6) is 2.54. The van der Waals surface area contributed by atoms with Crippen LogP contribution < -0.4 is 5.73 Å². The molecular weight excluding hydrogens is 260 g/mol. The molecule has 110 valence electrons. The summed E-state index contributed by atoms with van der Waals surface area (Å²) in [6, 6.07) is 10.5. The number of nitrogen functional groups attached to an aromatic ring is 1. The van der Waals surface area contributed by atoms with E-state index in [4.69, 9.17) is 10.7 Å². The zero-order valence-corrected chi connectivity index (χ0v) is 12.7. The Labute approximate surface area is 125 Å². The van der Waals surface area contributed by atoms with Gasteiger partial charge in [0.25, 0.3) is 0 Å². The Kier molecular flexibility index (Phi) is 3.62. The highest BCUT2D eigenvalue weighted by atomic mass is 15.1. The Bertz CT molecular complexity index is 616. The highest BCUT2D eigenvalue weighted by molar-refractivity contribution is 5.35. The molecule has 0 bridgehead atoms. The molecule has 0 atom stereocenters. The summed E-state index contributed by atoms with van der Waals surface area (Å²) in [7, 11) is 0. The molecule has 0 amide bonds. The van der Waals surface area contributed by atoms with Crippen molar-refractivity contribution in [2.45, 2.75) is 50.9 Å². The molecule has 4 heteroatoms. The van der Waals surface area contributed by atoms with Gasteiger partial charge in [0.05, 0.1) is 5.41 Å². The van der Waals surface area contributed by atoms with Crippen LogP contribution in [-0.4, -0.2) is 15.0 Å². The van der Waals surface area contributed by atoms with Gasteiger partial charge in [-0.25, -0.2) is 4.98 Å². The number of nitrogens with two attached hydrogens (primary N) is 1. The summed E-state index contributed by atoms with van der Waals surface area (Å²) in [5, 5.41) is 0. The van der Waals surface area contributed by atoms with E-state index >= 15 is 0 Å². The van der Waals surface area contributed by atoms with Crippen LogP contribution in [0.2, 0.25) is 0 Å². The summed E-state index contributed by atoms with van der Waals surface area (Å²) in [5.41, 5.74) is 7.02. The molecule has 1 aromatic heterocycles. The Morgan fingerprint density at radius 1 is 1.05 bits per heavy atom. The fraction of sp³-hybridized carbons (Fsp3) is 0.471. The van der Waals surface area contributed by atoms with E-state index in [1.165, 1.54) is 18.4 Å². The molecule has 2 aromatic rings. The van der Waals surface area contributed by atoms with Crippen molar-refractivity contribution in [1.82, 2.24) is 15.0 Å². The maximum atomic E-state index is 5.95. The maximum absolute atomic E-state index is 5.95. The van der Waals surface area contributed by atoms with Crippen LogP contribution >= 0.6 is 0 Å². The highest BCUT2D eigenvalue weighted by Crippen LogP contribution is 2.41. The van der Waals surface area contributed by atoms with Gasteiger partial charge in [0, 0.05) is 5.92 Å². The Morgan fingerprint density at radius 3 is 2.29 bits per heavy atom. The van der Waals surface area contributed by atoms with Crippen molar-refractivity contribution in [1.29, 1.82) is 0 Å². The largest absolute Gasteiger partial charge is 0.368 e. The first-order valence-corrected chi connectivity index (χ1v) is 7.77. The molecule has 0 unspecified atom stereocenters. The molecule has 1 heterocycles. The van der Waals surface area contributed by atoms with Crippen LogP contribution in [0, 0.1) is 0 Å². The third-order valence-electron chi connectivity index (χ3n) is 4.57. The number of hydrogen-bond donors (Lipinski definition) is 1. The lowest BCUT2D eigenvalue weighted by Gasteiger charge is -2.31. The van der Waals surface area contributed by atoms with Crippen molar-refractivity contribution in [2.75, 3.05) is 5.73 Å². The fourth-order valence-electron chi connectivity index (χ4n) is 3.01. The maximum Gasteiger partial charge on any atom is 0.223 e. The van der Waals surface area contributed by atoms with Gasteiger partial charge in [-0.3, -0.25) is 0 Å². The predicted molar refractivity (Wildman–Crippen MR) is 84.0 cm³/mol. The van der Waals surface area contributed by atoms with E-state index in [1.807, 2.05) is 6.07 Å². The van der Waals surface area contributed by atoms with E-state index in [0.717, 1.165) is 24.5 Å².